The van der Waals surface area contributed by atoms with Crippen LogP contribution in [-0.4, -0.2) is 26.7 Å². The lowest BCUT2D eigenvalue weighted by Gasteiger charge is -2.24. The Balaban J connectivity index is 2.52. The zero-order valence-corrected chi connectivity index (χ0v) is 13.2. The average molecular weight is 344 g/mol. The van der Waals surface area contributed by atoms with E-state index in [2.05, 4.69) is 0 Å². The van der Waals surface area contributed by atoms with Gasteiger partial charge in [-0.25, -0.2) is 12.8 Å². The van der Waals surface area contributed by atoms with Crippen LogP contribution in [0.25, 0.3) is 0 Å². The van der Waals surface area contributed by atoms with Gasteiger partial charge >= 0.3 is 0 Å². The van der Waals surface area contributed by atoms with Crippen LogP contribution in [0.2, 0.25) is 5.02 Å². The van der Waals surface area contributed by atoms with E-state index in [1.54, 1.807) is 30.3 Å². The number of benzene rings is 2. The van der Waals surface area contributed by atoms with Crippen molar-refractivity contribution in [2.24, 2.45) is 0 Å². The van der Waals surface area contributed by atoms with Crippen LogP contribution in [0.5, 0.6) is 0 Å². The number of para-hydroxylation sites is 1. The Kier molecular flexibility index (Phi) is 5.39. The monoisotopic (exact) mass is 343 g/mol. The molecule has 118 valence electrons. The molecule has 0 aliphatic carbocycles. The van der Waals surface area contributed by atoms with Gasteiger partial charge in [-0.05, 0) is 30.7 Å². The summed E-state index contributed by atoms with van der Waals surface area (Å²) in [5, 5.41) is 8.73. The molecule has 0 amide bonds. The number of halogens is 2. The third-order valence-electron chi connectivity index (χ3n) is 3.05. The van der Waals surface area contributed by atoms with E-state index in [0.717, 1.165) is 4.31 Å². The third-order valence-corrected chi connectivity index (χ3v) is 5.18. The van der Waals surface area contributed by atoms with Crippen molar-refractivity contribution in [1.29, 1.82) is 0 Å². The fraction of sp³-hybridized carbons (Fsp3) is 0.200. The fourth-order valence-corrected chi connectivity index (χ4v) is 3.82. The quantitative estimate of drug-likeness (QED) is 0.877. The molecule has 0 spiro atoms. The SMILES string of the molecule is O=S(=O)(c1cccc(Cl)c1F)N(CCCO)c1ccccc1. The second kappa shape index (κ2) is 7.09. The van der Waals surface area contributed by atoms with Crippen LogP contribution >= 0.6 is 11.6 Å². The molecule has 0 radical (unpaired) electrons. The molecule has 2 rings (SSSR count). The second-order valence-electron chi connectivity index (χ2n) is 4.54. The summed E-state index contributed by atoms with van der Waals surface area (Å²) in [4.78, 5) is -0.484. The van der Waals surface area contributed by atoms with Crippen molar-refractivity contribution in [2.75, 3.05) is 17.5 Å². The first-order valence-electron chi connectivity index (χ1n) is 6.61. The smallest absolute Gasteiger partial charge is 0.267 e. The second-order valence-corrected chi connectivity index (χ2v) is 6.78. The molecular formula is C15H15ClFNO3S. The molecule has 22 heavy (non-hydrogen) atoms. The summed E-state index contributed by atoms with van der Waals surface area (Å²) < 4.78 is 40.7. The third kappa shape index (κ3) is 3.40. The average Bonchev–Trinajstić information content (AvgIpc) is 2.51. The van der Waals surface area contributed by atoms with Crippen molar-refractivity contribution >= 4 is 27.3 Å². The predicted octanol–water partition coefficient (Wildman–Crippen LogP) is 3.06. The van der Waals surface area contributed by atoms with Gasteiger partial charge in [-0.2, -0.15) is 0 Å². The molecule has 2 aromatic rings. The molecule has 0 aliphatic rings. The highest BCUT2D eigenvalue weighted by molar-refractivity contribution is 7.92. The normalized spacial score (nSPS) is 11.4. The van der Waals surface area contributed by atoms with E-state index in [9.17, 15) is 12.8 Å². The van der Waals surface area contributed by atoms with Crippen molar-refractivity contribution in [3.63, 3.8) is 0 Å². The molecule has 7 heteroatoms. The van der Waals surface area contributed by atoms with E-state index in [0.29, 0.717) is 5.69 Å². The Morgan fingerprint density at radius 2 is 1.77 bits per heavy atom. The number of aliphatic hydroxyl groups excluding tert-OH is 1. The minimum Gasteiger partial charge on any atom is -0.396 e. The van der Waals surface area contributed by atoms with E-state index in [4.69, 9.17) is 16.7 Å². The van der Waals surface area contributed by atoms with E-state index in [1.165, 1.54) is 18.2 Å². The molecular weight excluding hydrogens is 329 g/mol. The highest BCUT2D eigenvalue weighted by atomic mass is 35.5. The highest BCUT2D eigenvalue weighted by Gasteiger charge is 2.28. The number of nitrogens with zero attached hydrogens (tertiary/aromatic N) is 1. The number of hydrogen-bond donors (Lipinski definition) is 1. The van der Waals surface area contributed by atoms with E-state index in [1.807, 2.05) is 0 Å². The van der Waals surface area contributed by atoms with Crippen molar-refractivity contribution in [3.05, 3.63) is 59.4 Å². The van der Waals surface area contributed by atoms with Gasteiger partial charge in [0.1, 0.15) is 4.90 Å². The lowest BCUT2D eigenvalue weighted by Crippen LogP contribution is -2.33. The fourth-order valence-electron chi connectivity index (χ4n) is 2.00. The maximum Gasteiger partial charge on any atom is 0.267 e. The Morgan fingerprint density at radius 3 is 2.41 bits per heavy atom. The van der Waals surface area contributed by atoms with E-state index < -0.39 is 20.7 Å². The lowest BCUT2D eigenvalue weighted by atomic mass is 10.3. The molecule has 0 bridgehead atoms. The summed E-state index contributed by atoms with van der Waals surface area (Å²) in [6.45, 7) is -0.133. The Hall–Kier alpha value is -1.63. The summed E-state index contributed by atoms with van der Waals surface area (Å²) >= 11 is 5.68. The van der Waals surface area contributed by atoms with Gasteiger partial charge in [0.05, 0.1) is 10.7 Å². The largest absolute Gasteiger partial charge is 0.396 e. The number of rotatable bonds is 6. The number of anilines is 1. The summed E-state index contributed by atoms with van der Waals surface area (Å²) in [5.74, 6) is -0.978. The minimum absolute atomic E-state index is 0.0365. The maximum atomic E-state index is 14.1. The maximum absolute atomic E-state index is 14.1. The van der Waals surface area contributed by atoms with Crippen molar-refractivity contribution < 1.29 is 17.9 Å². The standard InChI is InChI=1S/C15H15ClFNO3S/c16-13-8-4-9-14(15(13)17)22(20,21)18(10-5-11-19)12-6-2-1-3-7-12/h1-4,6-9,19H,5,10-11H2. The first kappa shape index (κ1) is 16.7. The topological polar surface area (TPSA) is 57.6 Å². The van der Waals surface area contributed by atoms with Crippen molar-refractivity contribution in [1.82, 2.24) is 0 Å². The molecule has 0 saturated carbocycles. The van der Waals surface area contributed by atoms with E-state index >= 15 is 0 Å². The van der Waals surface area contributed by atoms with Gasteiger partial charge in [0, 0.05) is 13.2 Å². The molecule has 0 saturated heterocycles. The predicted molar refractivity (Wildman–Crippen MR) is 84.1 cm³/mol. The Morgan fingerprint density at radius 1 is 1.09 bits per heavy atom. The summed E-state index contributed by atoms with van der Waals surface area (Å²) in [6, 6.07) is 12.2. The van der Waals surface area contributed by atoms with Crippen LogP contribution < -0.4 is 4.31 Å². The Labute approximate surface area is 133 Å². The molecule has 4 nitrogen and oxygen atoms in total. The van der Waals surface area contributed by atoms with Gasteiger partial charge in [0.2, 0.25) is 0 Å². The zero-order chi connectivity index (χ0) is 16.2. The van der Waals surface area contributed by atoms with Crippen LogP contribution in [0.3, 0.4) is 0 Å². The molecule has 0 atom stereocenters. The van der Waals surface area contributed by atoms with Crippen LogP contribution in [0.15, 0.2) is 53.4 Å². The molecule has 0 unspecified atom stereocenters. The number of aliphatic hydroxyl groups is 1. The van der Waals surface area contributed by atoms with Crippen LogP contribution in [0.4, 0.5) is 10.1 Å². The summed E-state index contributed by atoms with van der Waals surface area (Å²) in [6.07, 6.45) is 0.232. The highest BCUT2D eigenvalue weighted by Crippen LogP contribution is 2.28. The first-order chi connectivity index (χ1) is 10.5. The lowest BCUT2D eigenvalue weighted by molar-refractivity contribution is 0.291. The molecule has 0 aliphatic heterocycles. The zero-order valence-electron chi connectivity index (χ0n) is 11.6. The van der Waals surface area contributed by atoms with Gasteiger partial charge in [0.25, 0.3) is 10.0 Å². The minimum atomic E-state index is -4.12. The molecule has 2 aromatic carbocycles. The summed E-state index contributed by atoms with van der Waals surface area (Å²) in [7, 11) is -4.12. The van der Waals surface area contributed by atoms with Gasteiger partial charge in [-0.1, -0.05) is 35.9 Å². The molecule has 0 fully saturated rings. The van der Waals surface area contributed by atoms with Crippen LogP contribution in [-0.2, 0) is 10.0 Å². The van der Waals surface area contributed by atoms with E-state index in [-0.39, 0.29) is 24.6 Å². The van der Waals surface area contributed by atoms with Gasteiger partial charge in [-0.15, -0.1) is 0 Å². The van der Waals surface area contributed by atoms with Gasteiger partial charge < -0.3 is 5.11 Å². The summed E-state index contributed by atoms with van der Waals surface area (Å²) in [5.41, 5.74) is 0.398. The van der Waals surface area contributed by atoms with Crippen LogP contribution in [0.1, 0.15) is 6.42 Å². The van der Waals surface area contributed by atoms with Gasteiger partial charge in [0.15, 0.2) is 5.82 Å². The molecule has 1 N–H and O–H groups in total. The molecule has 0 heterocycles. The van der Waals surface area contributed by atoms with Crippen molar-refractivity contribution in [2.45, 2.75) is 11.3 Å². The number of hydrogen-bond acceptors (Lipinski definition) is 3. The first-order valence-corrected chi connectivity index (χ1v) is 8.43. The Bertz CT molecular complexity index is 738. The molecule has 0 aromatic heterocycles. The number of sulfonamides is 1. The van der Waals surface area contributed by atoms with Gasteiger partial charge in [-0.3, -0.25) is 4.31 Å². The van der Waals surface area contributed by atoms with Crippen LogP contribution in [0, 0.1) is 5.82 Å². The van der Waals surface area contributed by atoms with Crippen molar-refractivity contribution in [3.8, 4) is 0 Å².